The van der Waals surface area contributed by atoms with E-state index < -0.39 is 0 Å². The maximum absolute atomic E-state index is 5.82. The van der Waals surface area contributed by atoms with E-state index in [1.165, 1.54) is 19.4 Å². The van der Waals surface area contributed by atoms with Gasteiger partial charge in [-0.2, -0.15) is 0 Å². The minimum Gasteiger partial charge on any atom is -0.294 e. The summed E-state index contributed by atoms with van der Waals surface area (Å²) in [7, 11) is 0. The van der Waals surface area contributed by atoms with Gasteiger partial charge in [0.2, 0.25) is 0 Å². The van der Waals surface area contributed by atoms with Crippen molar-refractivity contribution in [3.63, 3.8) is 0 Å². The van der Waals surface area contributed by atoms with Gasteiger partial charge in [0, 0.05) is 6.04 Å². The highest BCUT2D eigenvalue weighted by Gasteiger charge is 2.20. The van der Waals surface area contributed by atoms with Crippen LogP contribution in [0.3, 0.4) is 0 Å². The summed E-state index contributed by atoms with van der Waals surface area (Å²) in [6.45, 7) is 4.46. The standard InChI is InChI=1S/C9H13ClN2S/c1-7-3-2-4-12(7)6-9-11-5-8(10)13-9/h5,7H,2-4,6H2,1H3. The maximum Gasteiger partial charge on any atom is 0.113 e. The lowest BCUT2D eigenvalue weighted by atomic mass is 10.2. The molecule has 0 radical (unpaired) electrons. The quantitative estimate of drug-likeness (QED) is 0.756. The van der Waals surface area contributed by atoms with Crippen LogP contribution in [-0.2, 0) is 6.54 Å². The summed E-state index contributed by atoms with van der Waals surface area (Å²) in [5, 5.41) is 1.14. The highest BCUT2D eigenvalue weighted by Crippen LogP contribution is 2.23. The fraction of sp³-hybridized carbons (Fsp3) is 0.667. The van der Waals surface area contributed by atoms with E-state index in [1.807, 2.05) is 0 Å². The average molecular weight is 217 g/mol. The summed E-state index contributed by atoms with van der Waals surface area (Å²) < 4.78 is 0.793. The predicted octanol–water partition coefficient (Wildman–Crippen LogP) is 2.78. The molecule has 2 nitrogen and oxygen atoms in total. The molecule has 2 heterocycles. The normalized spacial score (nSPS) is 24.0. The van der Waals surface area contributed by atoms with Crippen LogP contribution in [0.25, 0.3) is 0 Å². The van der Waals surface area contributed by atoms with Crippen molar-refractivity contribution in [1.82, 2.24) is 9.88 Å². The average Bonchev–Trinajstić information content (AvgIpc) is 2.64. The number of halogens is 1. The first-order valence-electron chi connectivity index (χ1n) is 4.60. The molecule has 1 fully saturated rings. The van der Waals surface area contributed by atoms with Gasteiger partial charge in [0.25, 0.3) is 0 Å². The third kappa shape index (κ3) is 2.22. The number of thiazole rings is 1. The zero-order chi connectivity index (χ0) is 9.26. The smallest absolute Gasteiger partial charge is 0.113 e. The molecule has 0 saturated carbocycles. The second-order valence-electron chi connectivity index (χ2n) is 3.52. The maximum atomic E-state index is 5.82. The fourth-order valence-electron chi connectivity index (χ4n) is 1.76. The Balaban J connectivity index is 1.97. The van der Waals surface area contributed by atoms with Gasteiger partial charge in [-0.15, -0.1) is 11.3 Å². The van der Waals surface area contributed by atoms with Crippen molar-refractivity contribution in [2.45, 2.75) is 32.4 Å². The Morgan fingerprint density at radius 2 is 2.62 bits per heavy atom. The summed E-state index contributed by atoms with van der Waals surface area (Å²) in [4.78, 5) is 6.73. The molecule has 1 saturated heterocycles. The van der Waals surface area contributed by atoms with Crippen molar-refractivity contribution in [3.8, 4) is 0 Å². The zero-order valence-electron chi connectivity index (χ0n) is 7.66. The van der Waals surface area contributed by atoms with Crippen molar-refractivity contribution < 1.29 is 0 Å². The Bertz CT molecular complexity index is 287. The third-order valence-electron chi connectivity index (χ3n) is 2.55. The summed E-state index contributed by atoms with van der Waals surface area (Å²) >= 11 is 7.41. The first-order valence-corrected chi connectivity index (χ1v) is 5.79. The summed E-state index contributed by atoms with van der Waals surface area (Å²) in [5.74, 6) is 0. The van der Waals surface area contributed by atoms with Gasteiger partial charge < -0.3 is 0 Å². The van der Waals surface area contributed by atoms with Crippen molar-refractivity contribution in [1.29, 1.82) is 0 Å². The summed E-state index contributed by atoms with van der Waals surface area (Å²) in [6, 6.07) is 0.711. The molecular formula is C9H13ClN2S. The number of aromatic nitrogens is 1. The van der Waals surface area contributed by atoms with Gasteiger partial charge in [0.05, 0.1) is 12.7 Å². The highest BCUT2D eigenvalue weighted by molar-refractivity contribution is 7.15. The van der Waals surface area contributed by atoms with E-state index in [-0.39, 0.29) is 0 Å². The van der Waals surface area contributed by atoms with Gasteiger partial charge >= 0.3 is 0 Å². The SMILES string of the molecule is CC1CCCN1Cc1ncc(Cl)s1. The largest absolute Gasteiger partial charge is 0.294 e. The van der Waals surface area contributed by atoms with Gasteiger partial charge in [-0.1, -0.05) is 11.6 Å². The Kier molecular flexibility index (Phi) is 2.86. The van der Waals surface area contributed by atoms with E-state index in [1.54, 1.807) is 17.5 Å². The molecule has 1 aromatic rings. The molecule has 4 heteroatoms. The van der Waals surface area contributed by atoms with Gasteiger partial charge in [0.15, 0.2) is 0 Å². The second-order valence-corrected chi connectivity index (χ2v) is 5.27. The lowest BCUT2D eigenvalue weighted by Gasteiger charge is -2.18. The molecule has 1 aliphatic heterocycles. The minimum absolute atomic E-state index is 0.711. The predicted molar refractivity (Wildman–Crippen MR) is 56.2 cm³/mol. The van der Waals surface area contributed by atoms with Crippen LogP contribution in [0.4, 0.5) is 0 Å². The molecule has 0 spiro atoms. The lowest BCUT2D eigenvalue weighted by molar-refractivity contribution is 0.260. The van der Waals surface area contributed by atoms with E-state index in [0.29, 0.717) is 6.04 Å². The number of hydrogen-bond acceptors (Lipinski definition) is 3. The van der Waals surface area contributed by atoms with Crippen LogP contribution in [0.15, 0.2) is 6.20 Å². The van der Waals surface area contributed by atoms with E-state index >= 15 is 0 Å². The Morgan fingerprint density at radius 3 is 3.15 bits per heavy atom. The van der Waals surface area contributed by atoms with Crippen molar-refractivity contribution in [3.05, 3.63) is 15.5 Å². The Labute approximate surface area is 87.5 Å². The van der Waals surface area contributed by atoms with E-state index in [9.17, 15) is 0 Å². The van der Waals surface area contributed by atoms with Gasteiger partial charge in [0.1, 0.15) is 9.34 Å². The molecule has 72 valence electrons. The number of hydrogen-bond donors (Lipinski definition) is 0. The molecule has 1 aliphatic rings. The number of rotatable bonds is 2. The van der Waals surface area contributed by atoms with Crippen molar-refractivity contribution >= 4 is 22.9 Å². The van der Waals surface area contributed by atoms with Crippen LogP contribution >= 0.6 is 22.9 Å². The molecule has 1 unspecified atom stereocenters. The van der Waals surface area contributed by atoms with Crippen molar-refractivity contribution in [2.24, 2.45) is 0 Å². The zero-order valence-corrected chi connectivity index (χ0v) is 9.24. The second kappa shape index (κ2) is 3.95. The third-order valence-corrected chi connectivity index (χ3v) is 3.65. The lowest BCUT2D eigenvalue weighted by Crippen LogP contribution is -2.25. The van der Waals surface area contributed by atoms with Gasteiger partial charge in [-0.25, -0.2) is 4.98 Å². The molecular weight excluding hydrogens is 204 g/mol. The van der Waals surface area contributed by atoms with E-state index in [2.05, 4.69) is 16.8 Å². The highest BCUT2D eigenvalue weighted by atomic mass is 35.5. The molecule has 1 atom stereocenters. The van der Waals surface area contributed by atoms with Crippen LogP contribution in [0.5, 0.6) is 0 Å². The molecule has 13 heavy (non-hydrogen) atoms. The number of likely N-dealkylation sites (tertiary alicyclic amines) is 1. The molecule has 0 bridgehead atoms. The topological polar surface area (TPSA) is 16.1 Å². The first kappa shape index (κ1) is 9.44. The summed E-state index contributed by atoms with van der Waals surface area (Å²) in [5.41, 5.74) is 0. The summed E-state index contributed by atoms with van der Waals surface area (Å²) in [6.07, 6.45) is 4.38. The Morgan fingerprint density at radius 1 is 1.77 bits per heavy atom. The van der Waals surface area contributed by atoms with Crippen LogP contribution in [0.1, 0.15) is 24.8 Å². The Hall–Kier alpha value is -0.120. The molecule has 0 N–H and O–H groups in total. The van der Waals surface area contributed by atoms with Crippen LogP contribution in [0, 0.1) is 0 Å². The van der Waals surface area contributed by atoms with Crippen LogP contribution < -0.4 is 0 Å². The van der Waals surface area contributed by atoms with Gasteiger partial charge in [-0.3, -0.25) is 4.90 Å². The van der Waals surface area contributed by atoms with E-state index in [0.717, 1.165) is 15.9 Å². The molecule has 2 rings (SSSR count). The molecule has 0 aromatic carbocycles. The van der Waals surface area contributed by atoms with E-state index in [4.69, 9.17) is 11.6 Å². The monoisotopic (exact) mass is 216 g/mol. The molecule has 1 aromatic heterocycles. The van der Waals surface area contributed by atoms with Crippen molar-refractivity contribution in [2.75, 3.05) is 6.54 Å². The fourth-order valence-corrected chi connectivity index (χ4v) is 2.74. The van der Waals surface area contributed by atoms with Gasteiger partial charge in [-0.05, 0) is 26.3 Å². The number of nitrogens with zero attached hydrogens (tertiary/aromatic N) is 2. The van der Waals surface area contributed by atoms with Crippen LogP contribution in [-0.4, -0.2) is 22.5 Å². The minimum atomic E-state index is 0.711. The molecule has 0 amide bonds. The van der Waals surface area contributed by atoms with Crippen LogP contribution in [0.2, 0.25) is 4.34 Å². The first-order chi connectivity index (χ1) is 6.25. The molecule has 0 aliphatic carbocycles.